The highest BCUT2D eigenvalue weighted by atomic mass is 32.2. The van der Waals surface area contributed by atoms with Crippen molar-refractivity contribution in [3.05, 3.63) is 29.3 Å². The first-order chi connectivity index (χ1) is 10.00. The van der Waals surface area contributed by atoms with Gasteiger partial charge in [0.1, 0.15) is 0 Å². The molecule has 0 aliphatic heterocycles. The maximum atomic E-state index is 12.8. The molecule has 5 heteroatoms. The van der Waals surface area contributed by atoms with Gasteiger partial charge in [-0.3, -0.25) is 0 Å². The highest BCUT2D eigenvalue weighted by Gasteiger charge is 2.32. The third kappa shape index (κ3) is 3.00. The molecule has 0 spiro atoms. The number of benzene rings is 1. The van der Waals surface area contributed by atoms with Crippen LogP contribution in [0.1, 0.15) is 43.2 Å². The number of hydrogen-bond acceptors (Lipinski definition) is 3. The van der Waals surface area contributed by atoms with E-state index in [0.29, 0.717) is 10.9 Å². The number of sulfonamides is 1. The summed E-state index contributed by atoms with van der Waals surface area (Å²) in [6.07, 6.45) is 5.58. The monoisotopic (exact) mass is 308 g/mol. The van der Waals surface area contributed by atoms with Crippen LogP contribution in [0.25, 0.3) is 0 Å². The van der Waals surface area contributed by atoms with E-state index < -0.39 is 10.0 Å². The number of nitrogens with one attached hydrogen (secondary N) is 1. The van der Waals surface area contributed by atoms with E-state index in [4.69, 9.17) is 0 Å². The van der Waals surface area contributed by atoms with Crippen LogP contribution in [0.5, 0.6) is 0 Å². The van der Waals surface area contributed by atoms with Crippen molar-refractivity contribution in [2.24, 2.45) is 0 Å². The second-order valence-electron chi connectivity index (χ2n) is 6.30. The first-order valence-corrected chi connectivity index (χ1v) is 9.24. The molecule has 0 atom stereocenters. The van der Waals surface area contributed by atoms with E-state index in [0.717, 1.165) is 36.9 Å². The highest BCUT2D eigenvalue weighted by Crippen LogP contribution is 2.30. The zero-order chi connectivity index (χ0) is 15.0. The summed E-state index contributed by atoms with van der Waals surface area (Å²) in [5.41, 5.74) is 1.97. The third-order valence-corrected chi connectivity index (χ3v) is 6.86. The Morgan fingerprint density at radius 3 is 2.52 bits per heavy atom. The van der Waals surface area contributed by atoms with Gasteiger partial charge in [0, 0.05) is 25.7 Å². The maximum Gasteiger partial charge on any atom is 0.243 e. The second kappa shape index (κ2) is 5.71. The van der Waals surface area contributed by atoms with Crippen LogP contribution in [-0.4, -0.2) is 31.9 Å². The molecule has 4 nitrogen and oxygen atoms in total. The Hall–Kier alpha value is -0.910. The molecule has 0 radical (unpaired) electrons. The zero-order valence-corrected chi connectivity index (χ0v) is 13.6. The second-order valence-corrected chi connectivity index (χ2v) is 8.27. The predicted octanol–water partition coefficient (Wildman–Crippen LogP) is 2.42. The van der Waals surface area contributed by atoms with Crippen molar-refractivity contribution < 1.29 is 8.42 Å². The molecular weight excluding hydrogens is 284 g/mol. The largest absolute Gasteiger partial charge is 0.310 e. The summed E-state index contributed by atoms with van der Waals surface area (Å²) in [5.74, 6) is 0. The van der Waals surface area contributed by atoms with Crippen molar-refractivity contribution in [2.45, 2.75) is 62.6 Å². The van der Waals surface area contributed by atoms with Crippen molar-refractivity contribution in [2.75, 3.05) is 7.05 Å². The first kappa shape index (κ1) is 15.0. The van der Waals surface area contributed by atoms with Gasteiger partial charge in [0.2, 0.25) is 10.0 Å². The molecule has 1 aromatic rings. The van der Waals surface area contributed by atoms with E-state index in [-0.39, 0.29) is 6.04 Å². The van der Waals surface area contributed by atoms with Gasteiger partial charge in [0.15, 0.2) is 0 Å². The molecule has 0 bridgehead atoms. The SMILES string of the molecule is Cc1c(CNC2CC2)cccc1S(=O)(=O)N(C)C1CCC1. The van der Waals surface area contributed by atoms with E-state index in [9.17, 15) is 8.42 Å². The van der Waals surface area contributed by atoms with E-state index in [1.165, 1.54) is 12.8 Å². The van der Waals surface area contributed by atoms with Crippen molar-refractivity contribution in [1.29, 1.82) is 0 Å². The van der Waals surface area contributed by atoms with Crippen molar-refractivity contribution >= 4 is 10.0 Å². The Morgan fingerprint density at radius 1 is 1.24 bits per heavy atom. The average Bonchev–Trinajstić information content (AvgIpc) is 3.19. The molecule has 2 fully saturated rings. The topological polar surface area (TPSA) is 49.4 Å². The summed E-state index contributed by atoms with van der Waals surface area (Å²) in [7, 11) is -1.65. The molecule has 2 saturated carbocycles. The zero-order valence-electron chi connectivity index (χ0n) is 12.8. The summed E-state index contributed by atoms with van der Waals surface area (Å²) in [4.78, 5) is 0.465. The maximum absolute atomic E-state index is 12.8. The van der Waals surface area contributed by atoms with Gasteiger partial charge in [-0.2, -0.15) is 4.31 Å². The Morgan fingerprint density at radius 2 is 1.95 bits per heavy atom. The molecule has 2 aliphatic rings. The molecule has 1 N–H and O–H groups in total. The van der Waals surface area contributed by atoms with Crippen LogP contribution in [0, 0.1) is 6.92 Å². The van der Waals surface area contributed by atoms with Crippen molar-refractivity contribution in [1.82, 2.24) is 9.62 Å². The summed E-state index contributed by atoms with van der Waals surface area (Å²) >= 11 is 0. The summed E-state index contributed by atoms with van der Waals surface area (Å²) in [5, 5.41) is 3.46. The average molecular weight is 308 g/mol. The number of nitrogens with zero attached hydrogens (tertiary/aromatic N) is 1. The molecule has 116 valence electrons. The van der Waals surface area contributed by atoms with Crippen LogP contribution in [0.4, 0.5) is 0 Å². The van der Waals surface area contributed by atoms with Crippen LogP contribution in [0.3, 0.4) is 0 Å². The standard InChI is InChI=1S/C16H24N2O2S/c1-12-13(11-17-14-9-10-14)5-3-8-16(12)21(19,20)18(2)15-6-4-7-15/h3,5,8,14-15,17H,4,6-7,9-11H2,1-2H3. The normalized spacial score (nSPS) is 19.8. The Kier molecular flexibility index (Phi) is 4.08. The van der Waals surface area contributed by atoms with E-state index in [1.54, 1.807) is 17.4 Å². The number of hydrogen-bond donors (Lipinski definition) is 1. The minimum atomic E-state index is -3.37. The lowest BCUT2D eigenvalue weighted by atomic mass is 9.94. The van der Waals surface area contributed by atoms with Gasteiger partial charge < -0.3 is 5.32 Å². The van der Waals surface area contributed by atoms with E-state index >= 15 is 0 Å². The highest BCUT2D eigenvalue weighted by molar-refractivity contribution is 7.89. The molecular formula is C16H24N2O2S. The van der Waals surface area contributed by atoms with Gasteiger partial charge in [-0.05, 0) is 49.8 Å². The minimum Gasteiger partial charge on any atom is -0.310 e. The molecule has 21 heavy (non-hydrogen) atoms. The lowest BCUT2D eigenvalue weighted by Crippen LogP contribution is -2.41. The van der Waals surface area contributed by atoms with Crippen LogP contribution in [0.2, 0.25) is 0 Å². The molecule has 0 unspecified atom stereocenters. The lowest BCUT2D eigenvalue weighted by molar-refractivity contribution is 0.249. The van der Waals surface area contributed by atoms with Gasteiger partial charge in [-0.15, -0.1) is 0 Å². The quantitative estimate of drug-likeness (QED) is 0.878. The third-order valence-electron chi connectivity index (χ3n) is 4.80. The molecule has 0 amide bonds. The summed E-state index contributed by atoms with van der Waals surface area (Å²) in [6.45, 7) is 2.68. The van der Waals surface area contributed by atoms with Gasteiger partial charge in [0.05, 0.1) is 4.90 Å². The van der Waals surface area contributed by atoms with Crippen molar-refractivity contribution in [3.8, 4) is 0 Å². The minimum absolute atomic E-state index is 0.183. The summed E-state index contributed by atoms with van der Waals surface area (Å²) in [6, 6.07) is 6.43. The molecule has 0 saturated heterocycles. The Labute approximate surface area is 127 Å². The smallest absolute Gasteiger partial charge is 0.243 e. The van der Waals surface area contributed by atoms with Crippen LogP contribution in [0.15, 0.2) is 23.1 Å². The van der Waals surface area contributed by atoms with E-state index in [2.05, 4.69) is 5.32 Å². The number of rotatable bonds is 6. The molecule has 1 aromatic carbocycles. The van der Waals surface area contributed by atoms with Crippen molar-refractivity contribution in [3.63, 3.8) is 0 Å². The Bertz CT molecular complexity index is 619. The van der Waals surface area contributed by atoms with Gasteiger partial charge >= 0.3 is 0 Å². The van der Waals surface area contributed by atoms with Crippen LogP contribution in [-0.2, 0) is 16.6 Å². The lowest BCUT2D eigenvalue weighted by Gasteiger charge is -2.34. The van der Waals surface area contributed by atoms with E-state index in [1.807, 2.05) is 19.1 Å². The molecule has 2 aliphatic carbocycles. The van der Waals surface area contributed by atoms with Gasteiger partial charge in [0.25, 0.3) is 0 Å². The summed E-state index contributed by atoms with van der Waals surface area (Å²) < 4.78 is 27.2. The fourth-order valence-corrected chi connectivity index (χ4v) is 4.46. The predicted molar refractivity (Wildman–Crippen MR) is 83.6 cm³/mol. The molecule has 3 rings (SSSR count). The van der Waals surface area contributed by atoms with Crippen LogP contribution < -0.4 is 5.32 Å². The molecule has 0 heterocycles. The van der Waals surface area contributed by atoms with Gasteiger partial charge in [-0.25, -0.2) is 8.42 Å². The fraction of sp³-hybridized carbons (Fsp3) is 0.625. The van der Waals surface area contributed by atoms with Gasteiger partial charge in [-0.1, -0.05) is 18.6 Å². The van der Waals surface area contributed by atoms with Crippen LogP contribution >= 0.6 is 0 Å². The first-order valence-electron chi connectivity index (χ1n) is 7.80. The molecule has 0 aromatic heterocycles. The Balaban J connectivity index is 1.84. The fourth-order valence-electron chi connectivity index (χ4n) is 2.77.